The molecule has 106 valence electrons. The average Bonchev–Trinajstić information content (AvgIpc) is 2.35. The minimum atomic E-state index is -0.881. The molecule has 0 radical (unpaired) electrons. The standard InChI is InChI=1S/C15H23NO3/c1-11(16)4-5-12-6-8-13(9-7-12)19-10-15(2,3)14(17)18/h6-9,11H,4-5,10,16H2,1-3H3,(H,17,18). The molecular weight excluding hydrogens is 242 g/mol. The van der Waals surface area contributed by atoms with Gasteiger partial charge in [0.1, 0.15) is 12.4 Å². The molecule has 0 bridgehead atoms. The van der Waals surface area contributed by atoms with Gasteiger partial charge in [-0.2, -0.15) is 0 Å². The number of aliphatic carboxylic acids is 1. The van der Waals surface area contributed by atoms with Crippen molar-refractivity contribution < 1.29 is 14.6 Å². The maximum absolute atomic E-state index is 11.0. The molecule has 0 spiro atoms. The molecular formula is C15H23NO3. The Morgan fingerprint density at radius 1 is 1.37 bits per heavy atom. The molecule has 19 heavy (non-hydrogen) atoms. The zero-order valence-electron chi connectivity index (χ0n) is 11.8. The highest BCUT2D eigenvalue weighted by Gasteiger charge is 2.28. The van der Waals surface area contributed by atoms with Gasteiger partial charge in [0, 0.05) is 6.04 Å². The lowest BCUT2D eigenvalue weighted by Crippen LogP contribution is -2.30. The van der Waals surface area contributed by atoms with Gasteiger partial charge in [0.15, 0.2) is 0 Å². The van der Waals surface area contributed by atoms with Crippen LogP contribution in [0, 0.1) is 5.41 Å². The molecule has 1 unspecified atom stereocenters. The first-order valence-electron chi connectivity index (χ1n) is 6.52. The molecule has 4 nitrogen and oxygen atoms in total. The molecule has 0 saturated heterocycles. The number of rotatable bonds is 7. The summed E-state index contributed by atoms with van der Waals surface area (Å²) >= 11 is 0. The van der Waals surface area contributed by atoms with E-state index in [1.54, 1.807) is 13.8 Å². The van der Waals surface area contributed by atoms with Crippen LogP contribution in [0.1, 0.15) is 32.8 Å². The Balaban J connectivity index is 2.51. The smallest absolute Gasteiger partial charge is 0.312 e. The number of nitrogens with two attached hydrogens (primary N) is 1. The second-order valence-electron chi connectivity index (χ2n) is 5.64. The first-order valence-corrected chi connectivity index (χ1v) is 6.52. The van der Waals surface area contributed by atoms with Crippen LogP contribution >= 0.6 is 0 Å². The molecule has 0 amide bonds. The fourth-order valence-corrected chi connectivity index (χ4v) is 1.47. The van der Waals surface area contributed by atoms with Gasteiger partial charge >= 0.3 is 5.97 Å². The quantitative estimate of drug-likeness (QED) is 0.794. The van der Waals surface area contributed by atoms with Gasteiger partial charge in [-0.1, -0.05) is 12.1 Å². The first-order chi connectivity index (χ1) is 8.81. The summed E-state index contributed by atoms with van der Waals surface area (Å²) in [5, 5.41) is 8.99. The fraction of sp³-hybridized carbons (Fsp3) is 0.533. The first kappa shape index (κ1) is 15.5. The summed E-state index contributed by atoms with van der Waals surface area (Å²) in [6.07, 6.45) is 1.89. The molecule has 1 aromatic rings. The van der Waals surface area contributed by atoms with E-state index in [4.69, 9.17) is 15.6 Å². The Bertz CT molecular complexity index is 410. The highest BCUT2D eigenvalue weighted by Crippen LogP contribution is 2.19. The van der Waals surface area contributed by atoms with E-state index in [0.717, 1.165) is 12.8 Å². The Morgan fingerprint density at radius 3 is 2.42 bits per heavy atom. The zero-order chi connectivity index (χ0) is 14.5. The van der Waals surface area contributed by atoms with Crippen LogP contribution in [0.25, 0.3) is 0 Å². The summed E-state index contributed by atoms with van der Waals surface area (Å²) in [4.78, 5) is 11.0. The second-order valence-corrected chi connectivity index (χ2v) is 5.64. The number of benzene rings is 1. The van der Waals surface area contributed by atoms with Crippen LogP contribution in [-0.2, 0) is 11.2 Å². The number of ether oxygens (including phenoxy) is 1. The van der Waals surface area contributed by atoms with E-state index in [9.17, 15) is 4.79 Å². The lowest BCUT2D eigenvalue weighted by molar-refractivity contribution is -0.148. The maximum atomic E-state index is 11.0. The van der Waals surface area contributed by atoms with E-state index in [1.807, 2.05) is 31.2 Å². The monoisotopic (exact) mass is 265 g/mol. The second kappa shape index (κ2) is 6.57. The number of carboxylic acid groups (broad SMARTS) is 1. The van der Waals surface area contributed by atoms with Gasteiger partial charge in [-0.3, -0.25) is 4.79 Å². The summed E-state index contributed by atoms with van der Waals surface area (Å²) < 4.78 is 5.51. The lowest BCUT2D eigenvalue weighted by atomic mass is 9.95. The molecule has 0 fully saturated rings. The summed E-state index contributed by atoms with van der Waals surface area (Å²) in [5.41, 5.74) is 6.04. The number of hydrogen-bond acceptors (Lipinski definition) is 3. The van der Waals surface area contributed by atoms with E-state index >= 15 is 0 Å². The molecule has 1 aromatic carbocycles. The Kier molecular flexibility index (Phi) is 5.36. The third-order valence-electron chi connectivity index (χ3n) is 2.99. The van der Waals surface area contributed by atoms with Crippen LogP contribution in [0.2, 0.25) is 0 Å². The molecule has 0 heterocycles. The summed E-state index contributed by atoms with van der Waals surface area (Å²) in [5.74, 6) is -0.167. The molecule has 0 saturated carbocycles. The Hall–Kier alpha value is -1.55. The van der Waals surface area contributed by atoms with Crippen molar-refractivity contribution in [1.82, 2.24) is 0 Å². The van der Waals surface area contributed by atoms with Crippen molar-refractivity contribution in [1.29, 1.82) is 0 Å². The number of carbonyl (C=O) groups is 1. The van der Waals surface area contributed by atoms with E-state index in [2.05, 4.69) is 0 Å². The maximum Gasteiger partial charge on any atom is 0.312 e. The third-order valence-corrected chi connectivity index (χ3v) is 2.99. The Morgan fingerprint density at radius 2 is 1.95 bits per heavy atom. The summed E-state index contributed by atoms with van der Waals surface area (Å²) in [6.45, 7) is 5.44. The molecule has 1 atom stereocenters. The number of carboxylic acids is 1. The molecule has 4 heteroatoms. The molecule has 3 N–H and O–H groups in total. The molecule has 0 aliphatic rings. The highest BCUT2D eigenvalue weighted by molar-refractivity contribution is 5.73. The van der Waals surface area contributed by atoms with Gasteiger partial charge in [0.05, 0.1) is 5.41 Å². The van der Waals surface area contributed by atoms with Crippen molar-refractivity contribution in [2.24, 2.45) is 11.1 Å². The van der Waals surface area contributed by atoms with Gasteiger partial charge in [-0.25, -0.2) is 0 Å². The SMILES string of the molecule is CC(N)CCc1ccc(OCC(C)(C)C(=O)O)cc1. The van der Waals surface area contributed by atoms with Crippen LogP contribution in [-0.4, -0.2) is 23.7 Å². The fourth-order valence-electron chi connectivity index (χ4n) is 1.47. The zero-order valence-corrected chi connectivity index (χ0v) is 11.8. The minimum Gasteiger partial charge on any atom is -0.492 e. The van der Waals surface area contributed by atoms with Gasteiger partial charge < -0.3 is 15.6 Å². The van der Waals surface area contributed by atoms with Crippen LogP contribution in [0.15, 0.2) is 24.3 Å². The van der Waals surface area contributed by atoms with Gasteiger partial charge in [-0.15, -0.1) is 0 Å². The largest absolute Gasteiger partial charge is 0.492 e. The van der Waals surface area contributed by atoms with Crippen molar-refractivity contribution in [2.45, 2.75) is 39.7 Å². The molecule has 1 rings (SSSR count). The molecule has 0 aliphatic heterocycles. The summed E-state index contributed by atoms with van der Waals surface area (Å²) in [6, 6.07) is 7.92. The van der Waals surface area contributed by atoms with Crippen LogP contribution in [0.5, 0.6) is 5.75 Å². The van der Waals surface area contributed by atoms with Crippen LogP contribution in [0.3, 0.4) is 0 Å². The van der Waals surface area contributed by atoms with Crippen molar-refractivity contribution in [2.75, 3.05) is 6.61 Å². The number of aryl methyl sites for hydroxylation is 1. The highest BCUT2D eigenvalue weighted by atomic mass is 16.5. The predicted octanol–water partition coefficient (Wildman–Crippen LogP) is 2.46. The summed E-state index contributed by atoms with van der Waals surface area (Å²) in [7, 11) is 0. The normalized spacial score (nSPS) is 13.1. The van der Waals surface area contributed by atoms with E-state index in [1.165, 1.54) is 5.56 Å². The number of hydrogen-bond donors (Lipinski definition) is 2. The third kappa shape index (κ3) is 5.30. The van der Waals surface area contributed by atoms with Gasteiger partial charge in [0.2, 0.25) is 0 Å². The van der Waals surface area contributed by atoms with E-state index in [0.29, 0.717) is 5.75 Å². The van der Waals surface area contributed by atoms with Gasteiger partial charge in [-0.05, 0) is 51.3 Å². The van der Waals surface area contributed by atoms with Crippen LogP contribution in [0.4, 0.5) is 0 Å². The van der Waals surface area contributed by atoms with E-state index in [-0.39, 0.29) is 12.6 Å². The van der Waals surface area contributed by atoms with Crippen molar-refractivity contribution in [3.63, 3.8) is 0 Å². The Labute approximate surface area is 114 Å². The minimum absolute atomic E-state index is 0.154. The van der Waals surface area contributed by atoms with Crippen molar-refractivity contribution in [3.8, 4) is 5.75 Å². The average molecular weight is 265 g/mol. The molecule has 0 aliphatic carbocycles. The van der Waals surface area contributed by atoms with E-state index < -0.39 is 11.4 Å². The van der Waals surface area contributed by atoms with Gasteiger partial charge in [0.25, 0.3) is 0 Å². The lowest BCUT2D eigenvalue weighted by Gasteiger charge is -2.19. The predicted molar refractivity (Wildman–Crippen MR) is 75.3 cm³/mol. The molecule has 0 aromatic heterocycles. The topological polar surface area (TPSA) is 72.5 Å². The van der Waals surface area contributed by atoms with Crippen molar-refractivity contribution >= 4 is 5.97 Å². The van der Waals surface area contributed by atoms with Crippen molar-refractivity contribution in [3.05, 3.63) is 29.8 Å². The van der Waals surface area contributed by atoms with Crippen LogP contribution < -0.4 is 10.5 Å².